The van der Waals surface area contributed by atoms with Crippen molar-refractivity contribution in [2.75, 3.05) is 25.4 Å². The molecule has 1 saturated heterocycles. The van der Waals surface area contributed by atoms with Gasteiger partial charge in [-0.3, -0.25) is 4.79 Å². The second-order valence-corrected chi connectivity index (χ2v) is 9.01. The van der Waals surface area contributed by atoms with Gasteiger partial charge in [-0.1, -0.05) is 48.5 Å². The molecular weight excluding hydrogens is 386 g/mol. The number of carbonyl (C=O) groups excluding carboxylic acids is 1. The van der Waals surface area contributed by atoms with Gasteiger partial charge >= 0.3 is 0 Å². The average Bonchev–Trinajstić information content (AvgIpc) is 3.17. The third-order valence-electron chi connectivity index (χ3n) is 4.88. The van der Waals surface area contributed by atoms with E-state index in [1.807, 2.05) is 59.1 Å². The lowest BCUT2D eigenvalue weighted by atomic mass is 10.1. The molecule has 0 saturated carbocycles. The van der Waals surface area contributed by atoms with E-state index in [2.05, 4.69) is 29.6 Å². The lowest BCUT2D eigenvalue weighted by molar-refractivity contribution is -0.133. The van der Waals surface area contributed by atoms with Crippen molar-refractivity contribution in [3.63, 3.8) is 0 Å². The maximum absolute atomic E-state index is 12.6. The molecule has 1 unspecified atom stereocenters. The Bertz CT molecular complexity index is 879. The van der Waals surface area contributed by atoms with Crippen molar-refractivity contribution in [2.24, 2.45) is 0 Å². The second kappa shape index (κ2) is 9.30. The van der Waals surface area contributed by atoms with Crippen molar-refractivity contribution < 1.29 is 9.53 Å². The zero-order valence-corrected chi connectivity index (χ0v) is 17.3. The van der Waals surface area contributed by atoms with E-state index in [1.165, 1.54) is 10.4 Å². The average molecular weight is 410 g/mol. The monoisotopic (exact) mass is 409 g/mol. The predicted molar refractivity (Wildman–Crippen MR) is 118 cm³/mol. The summed E-state index contributed by atoms with van der Waals surface area (Å²) < 4.78 is 5.76. The van der Waals surface area contributed by atoms with E-state index in [9.17, 15) is 4.79 Å². The van der Waals surface area contributed by atoms with Crippen LogP contribution >= 0.6 is 23.1 Å². The first-order valence-corrected chi connectivity index (χ1v) is 11.4. The number of benzene rings is 2. The van der Waals surface area contributed by atoms with Crippen LogP contribution in [0, 0.1) is 0 Å². The molecule has 5 heteroatoms. The zero-order chi connectivity index (χ0) is 19.2. The minimum absolute atomic E-state index is 0.0690. The maximum Gasteiger partial charge on any atom is 0.260 e. The third-order valence-corrected chi connectivity index (χ3v) is 7.32. The number of rotatable bonds is 5. The van der Waals surface area contributed by atoms with Crippen molar-refractivity contribution in [1.82, 2.24) is 4.90 Å². The minimum atomic E-state index is 0.0690. The van der Waals surface area contributed by atoms with Crippen LogP contribution in [-0.2, 0) is 4.79 Å². The molecule has 4 rings (SSSR count). The highest BCUT2D eigenvalue weighted by Crippen LogP contribution is 2.36. The highest BCUT2D eigenvalue weighted by molar-refractivity contribution is 7.99. The van der Waals surface area contributed by atoms with Gasteiger partial charge in [0.1, 0.15) is 5.75 Å². The fourth-order valence-electron chi connectivity index (χ4n) is 3.33. The number of hydrogen-bond acceptors (Lipinski definition) is 4. The molecule has 1 aliphatic heterocycles. The van der Waals surface area contributed by atoms with Gasteiger partial charge in [0.2, 0.25) is 0 Å². The molecule has 28 heavy (non-hydrogen) atoms. The molecule has 0 N–H and O–H groups in total. The highest BCUT2D eigenvalue weighted by Gasteiger charge is 2.22. The normalized spacial score (nSPS) is 17.1. The summed E-state index contributed by atoms with van der Waals surface area (Å²) >= 11 is 3.76. The van der Waals surface area contributed by atoms with Crippen molar-refractivity contribution in [1.29, 1.82) is 0 Å². The van der Waals surface area contributed by atoms with Crippen LogP contribution in [-0.4, -0.2) is 36.3 Å². The van der Waals surface area contributed by atoms with E-state index in [-0.39, 0.29) is 12.5 Å². The lowest BCUT2D eigenvalue weighted by Gasteiger charge is -2.20. The molecule has 1 atom stereocenters. The van der Waals surface area contributed by atoms with Gasteiger partial charge in [-0.2, -0.15) is 11.8 Å². The number of thiophene rings is 1. The molecule has 1 aromatic heterocycles. The van der Waals surface area contributed by atoms with Crippen molar-refractivity contribution >= 4 is 29.0 Å². The number of thioether (sulfide) groups is 1. The fraction of sp³-hybridized carbons (Fsp3) is 0.261. The Hall–Kier alpha value is -2.24. The van der Waals surface area contributed by atoms with Crippen LogP contribution in [0.2, 0.25) is 0 Å². The van der Waals surface area contributed by atoms with Gasteiger partial charge in [0, 0.05) is 29.0 Å². The Morgan fingerprint density at radius 3 is 2.50 bits per heavy atom. The summed E-state index contributed by atoms with van der Waals surface area (Å²) in [6.07, 6.45) is 1.00. The van der Waals surface area contributed by atoms with Crippen LogP contribution in [0.25, 0.3) is 11.1 Å². The third kappa shape index (κ3) is 4.78. The van der Waals surface area contributed by atoms with Gasteiger partial charge < -0.3 is 9.64 Å². The summed E-state index contributed by atoms with van der Waals surface area (Å²) in [5, 5.41) is 2.63. The number of amides is 1. The Kier molecular flexibility index (Phi) is 6.34. The molecule has 0 spiro atoms. The summed E-state index contributed by atoms with van der Waals surface area (Å²) in [4.78, 5) is 16.0. The summed E-state index contributed by atoms with van der Waals surface area (Å²) in [5.41, 5.74) is 2.32. The first-order chi connectivity index (χ1) is 13.8. The van der Waals surface area contributed by atoms with Crippen LogP contribution in [0.1, 0.15) is 16.5 Å². The highest BCUT2D eigenvalue weighted by atomic mass is 32.2. The molecule has 1 amide bonds. The van der Waals surface area contributed by atoms with Crippen LogP contribution in [0.4, 0.5) is 0 Å². The van der Waals surface area contributed by atoms with Crippen molar-refractivity contribution in [3.8, 4) is 16.9 Å². The molecule has 2 heterocycles. The predicted octanol–water partition coefficient (Wildman–Crippen LogP) is 5.50. The zero-order valence-electron chi connectivity index (χ0n) is 15.6. The molecule has 3 aromatic rings. The standard InChI is InChI=1S/C23H23NO2S2/c25-23(24-13-12-22(28-16-14-24)21-7-4-15-27-21)17-26-20-10-8-19(9-11-20)18-5-2-1-3-6-18/h1-11,15,22H,12-14,16-17H2. The molecule has 1 fully saturated rings. The van der Waals surface area contributed by atoms with E-state index >= 15 is 0 Å². The molecule has 0 radical (unpaired) electrons. The Morgan fingerprint density at radius 1 is 0.964 bits per heavy atom. The van der Waals surface area contributed by atoms with E-state index in [0.29, 0.717) is 5.25 Å². The number of nitrogens with zero attached hydrogens (tertiary/aromatic N) is 1. The molecular formula is C23H23NO2S2. The van der Waals surface area contributed by atoms with Crippen LogP contribution in [0.5, 0.6) is 5.75 Å². The quantitative estimate of drug-likeness (QED) is 0.557. The van der Waals surface area contributed by atoms with Crippen LogP contribution in [0.15, 0.2) is 72.1 Å². The van der Waals surface area contributed by atoms with Gasteiger partial charge in [0.25, 0.3) is 5.91 Å². The first-order valence-electron chi connectivity index (χ1n) is 9.51. The topological polar surface area (TPSA) is 29.5 Å². The smallest absolute Gasteiger partial charge is 0.260 e. The van der Waals surface area contributed by atoms with Crippen LogP contribution < -0.4 is 4.74 Å². The summed E-state index contributed by atoms with van der Waals surface area (Å²) in [7, 11) is 0. The van der Waals surface area contributed by atoms with Gasteiger partial charge in [-0.15, -0.1) is 11.3 Å². The maximum atomic E-state index is 12.6. The Balaban J connectivity index is 1.29. The lowest BCUT2D eigenvalue weighted by Crippen LogP contribution is -2.36. The fourth-order valence-corrected chi connectivity index (χ4v) is 5.57. The van der Waals surface area contributed by atoms with Crippen molar-refractivity contribution in [2.45, 2.75) is 11.7 Å². The van der Waals surface area contributed by atoms with Gasteiger partial charge in [-0.25, -0.2) is 0 Å². The second-order valence-electron chi connectivity index (χ2n) is 6.72. The summed E-state index contributed by atoms with van der Waals surface area (Å²) in [5.74, 6) is 1.77. The Labute approximate surface area is 174 Å². The van der Waals surface area contributed by atoms with Crippen LogP contribution in [0.3, 0.4) is 0 Å². The number of ether oxygens (including phenoxy) is 1. The molecule has 3 nitrogen and oxygen atoms in total. The molecule has 0 bridgehead atoms. The van der Waals surface area contributed by atoms with E-state index in [0.717, 1.165) is 36.6 Å². The molecule has 0 aliphatic carbocycles. The SMILES string of the molecule is O=C(COc1ccc(-c2ccccc2)cc1)N1CCSC(c2cccs2)CC1. The van der Waals surface area contributed by atoms with E-state index in [1.54, 1.807) is 11.3 Å². The molecule has 2 aromatic carbocycles. The van der Waals surface area contributed by atoms with Gasteiger partial charge in [0.15, 0.2) is 6.61 Å². The first kappa shape index (κ1) is 19.1. The molecule has 144 valence electrons. The minimum Gasteiger partial charge on any atom is -0.484 e. The Morgan fingerprint density at radius 2 is 1.75 bits per heavy atom. The number of hydrogen-bond donors (Lipinski definition) is 0. The largest absolute Gasteiger partial charge is 0.484 e. The van der Waals surface area contributed by atoms with E-state index < -0.39 is 0 Å². The van der Waals surface area contributed by atoms with Gasteiger partial charge in [-0.05, 0) is 41.1 Å². The van der Waals surface area contributed by atoms with Gasteiger partial charge in [0.05, 0.1) is 0 Å². The molecule has 1 aliphatic rings. The number of carbonyl (C=O) groups is 1. The summed E-state index contributed by atoms with van der Waals surface area (Å²) in [6, 6.07) is 22.5. The van der Waals surface area contributed by atoms with Crippen molar-refractivity contribution in [3.05, 3.63) is 77.0 Å². The summed E-state index contributed by atoms with van der Waals surface area (Å²) in [6.45, 7) is 1.69. The van der Waals surface area contributed by atoms with E-state index in [4.69, 9.17) is 4.74 Å².